The summed E-state index contributed by atoms with van der Waals surface area (Å²) in [7, 11) is -3.88. The molecule has 2 aliphatic rings. The van der Waals surface area contributed by atoms with E-state index in [1.54, 1.807) is 16.2 Å². The number of benzene rings is 1. The highest BCUT2D eigenvalue weighted by Crippen LogP contribution is 2.30. The van der Waals surface area contributed by atoms with Crippen molar-refractivity contribution in [2.45, 2.75) is 56.5 Å². The summed E-state index contributed by atoms with van der Waals surface area (Å²) in [6.07, 6.45) is 4.23. The van der Waals surface area contributed by atoms with Crippen molar-refractivity contribution in [1.82, 2.24) is 9.62 Å². The summed E-state index contributed by atoms with van der Waals surface area (Å²) in [5.74, 6) is 0.420. The average molecular weight is 493 g/mol. The van der Waals surface area contributed by atoms with Gasteiger partial charge in [-0.3, -0.25) is 14.9 Å². The van der Waals surface area contributed by atoms with Crippen LogP contribution in [0.15, 0.2) is 34.5 Å². The predicted molar refractivity (Wildman–Crippen MR) is 127 cm³/mol. The number of fused-ring (bicyclic) bond motifs is 1. The predicted octanol–water partition coefficient (Wildman–Crippen LogP) is 3.51. The Morgan fingerprint density at radius 2 is 2.00 bits per heavy atom. The molecule has 0 spiro atoms. The van der Waals surface area contributed by atoms with Gasteiger partial charge in [0.2, 0.25) is 15.9 Å². The Morgan fingerprint density at radius 3 is 2.73 bits per heavy atom. The van der Waals surface area contributed by atoms with E-state index in [0.29, 0.717) is 19.0 Å². The van der Waals surface area contributed by atoms with Gasteiger partial charge < -0.3 is 10.2 Å². The third kappa shape index (κ3) is 5.53. The van der Waals surface area contributed by atoms with E-state index in [0.717, 1.165) is 43.7 Å². The molecule has 1 aliphatic heterocycles. The Morgan fingerprint density at radius 1 is 1.24 bits per heavy atom. The van der Waals surface area contributed by atoms with Crippen molar-refractivity contribution in [1.29, 1.82) is 0 Å². The van der Waals surface area contributed by atoms with Crippen LogP contribution in [0.4, 0.5) is 11.4 Å². The van der Waals surface area contributed by atoms with Crippen LogP contribution in [0, 0.1) is 16.0 Å². The summed E-state index contributed by atoms with van der Waals surface area (Å²) in [5.41, 5.74) is 0.883. The Hall–Kier alpha value is -2.50. The molecule has 4 rings (SSSR count). The fourth-order valence-electron chi connectivity index (χ4n) is 4.39. The Balaban J connectivity index is 1.42. The van der Waals surface area contributed by atoms with Crippen molar-refractivity contribution in [2.75, 3.05) is 18.4 Å². The lowest BCUT2D eigenvalue weighted by molar-refractivity contribution is -0.384. The molecule has 0 atom stereocenters. The Labute approximate surface area is 197 Å². The van der Waals surface area contributed by atoms with Crippen LogP contribution in [0.1, 0.15) is 43.0 Å². The van der Waals surface area contributed by atoms with Crippen LogP contribution in [0.25, 0.3) is 0 Å². The van der Waals surface area contributed by atoms with Crippen LogP contribution in [-0.4, -0.2) is 43.3 Å². The molecule has 2 aromatic rings. The van der Waals surface area contributed by atoms with Crippen LogP contribution in [0.2, 0.25) is 0 Å². The molecule has 2 heterocycles. The molecule has 0 saturated heterocycles. The van der Waals surface area contributed by atoms with Gasteiger partial charge in [-0.25, -0.2) is 13.1 Å². The smallest absolute Gasteiger partial charge is 0.293 e. The second-order valence-electron chi connectivity index (χ2n) is 8.80. The highest BCUT2D eigenvalue weighted by Gasteiger charge is 2.27. The lowest BCUT2D eigenvalue weighted by atomic mass is 9.88. The van der Waals surface area contributed by atoms with Crippen molar-refractivity contribution < 1.29 is 18.1 Å². The molecular weight excluding hydrogens is 464 g/mol. The van der Waals surface area contributed by atoms with Gasteiger partial charge in [0.1, 0.15) is 5.69 Å². The third-order valence-electron chi connectivity index (χ3n) is 6.40. The van der Waals surface area contributed by atoms with Crippen molar-refractivity contribution in [3.63, 3.8) is 0 Å². The molecule has 1 aliphatic carbocycles. The van der Waals surface area contributed by atoms with E-state index in [-0.39, 0.29) is 34.8 Å². The number of hydrogen-bond acceptors (Lipinski definition) is 7. The second kappa shape index (κ2) is 9.78. The lowest BCUT2D eigenvalue weighted by Crippen LogP contribution is -2.38. The number of hydrogen-bond donors (Lipinski definition) is 2. The fourth-order valence-corrected chi connectivity index (χ4v) is 6.60. The first-order valence-corrected chi connectivity index (χ1v) is 13.5. The maximum Gasteiger partial charge on any atom is 0.293 e. The molecule has 0 radical (unpaired) electrons. The topological polar surface area (TPSA) is 122 Å². The summed E-state index contributed by atoms with van der Waals surface area (Å²) >= 11 is 1.69. The van der Waals surface area contributed by atoms with Gasteiger partial charge >= 0.3 is 0 Å². The van der Waals surface area contributed by atoms with E-state index in [4.69, 9.17) is 0 Å². The third-order valence-corrected chi connectivity index (χ3v) is 8.95. The second-order valence-corrected chi connectivity index (χ2v) is 11.5. The van der Waals surface area contributed by atoms with E-state index < -0.39 is 14.9 Å². The van der Waals surface area contributed by atoms with Gasteiger partial charge in [0, 0.05) is 30.1 Å². The first kappa shape index (κ1) is 23.7. The maximum absolute atomic E-state index is 12.8. The summed E-state index contributed by atoms with van der Waals surface area (Å²) < 4.78 is 28.3. The van der Waals surface area contributed by atoms with Gasteiger partial charge in [-0.2, -0.15) is 0 Å². The molecule has 178 valence electrons. The number of nitrogens with zero attached hydrogens (tertiary/aromatic N) is 2. The molecule has 1 fully saturated rings. The minimum atomic E-state index is -3.88. The molecule has 2 N–H and O–H groups in total. The largest absolute Gasteiger partial charge is 0.371 e. The molecule has 1 saturated carbocycles. The number of sulfonamides is 1. The minimum absolute atomic E-state index is 0.106. The molecule has 0 unspecified atom stereocenters. The standard InChI is InChI=1S/C22H28N4O5S2/c1-15-2-4-17(5-3-15)24-33(30,31)18-6-7-19(20(12-18)26(28)29)23-13-22(27)25-10-8-21-16(14-25)9-11-32-21/h6-7,9,11-12,15,17,23-24H,2-5,8,10,13-14H2,1H3. The molecule has 1 aromatic heterocycles. The molecule has 9 nitrogen and oxygen atoms in total. The molecule has 1 amide bonds. The lowest BCUT2D eigenvalue weighted by Gasteiger charge is -2.27. The van der Waals surface area contributed by atoms with Gasteiger partial charge in [0.25, 0.3) is 5.69 Å². The summed E-state index contributed by atoms with van der Waals surface area (Å²) in [6, 6.07) is 5.61. The average Bonchev–Trinajstić information content (AvgIpc) is 3.26. The first-order chi connectivity index (χ1) is 15.7. The summed E-state index contributed by atoms with van der Waals surface area (Å²) in [4.78, 5) is 26.5. The minimum Gasteiger partial charge on any atom is -0.371 e. The number of nitro groups is 1. The van der Waals surface area contributed by atoms with Crippen molar-refractivity contribution in [2.24, 2.45) is 5.92 Å². The van der Waals surface area contributed by atoms with Crippen molar-refractivity contribution in [3.8, 4) is 0 Å². The summed E-state index contributed by atoms with van der Waals surface area (Å²) in [5, 5.41) is 16.5. The van der Waals surface area contributed by atoms with Crippen molar-refractivity contribution in [3.05, 3.63) is 50.2 Å². The fraction of sp³-hybridized carbons (Fsp3) is 0.500. The number of anilines is 1. The normalized spacial score (nSPS) is 20.8. The van der Waals surface area contributed by atoms with Gasteiger partial charge in [-0.1, -0.05) is 6.92 Å². The van der Waals surface area contributed by atoms with Crippen LogP contribution < -0.4 is 10.0 Å². The van der Waals surface area contributed by atoms with E-state index in [2.05, 4.69) is 17.0 Å². The number of nitro benzene ring substituents is 1. The zero-order chi connectivity index (χ0) is 23.6. The highest BCUT2D eigenvalue weighted by atomic mass is 32.2. The number of carbonyl (C=O) groups is 1. The maximum atomic E-state index is 12.8. The number of carbonyl (C=O) groups excluding carboxylic acids is 1. The van der Waals surface area contributed by atoms with Crippen LogP contribution >= 0.6 is 11.3 Å². The van der Waals surface area contributed by atoms with Crippen LogP contribution in [0.3, 0.4) is 0 Å². The van der Waals surface area contributed by atoms with Crippen molar-refractivity contribution >= 4 is 38.6 Å². The van der Waals surface area contributed by atoms with Crippen LogP contribution in [-0.2, 0) is 27.8 Å². The van der Waals surface area contributed by atoms with E-state index in [9.17, 15) is 23.3 Å². The van der Waals surface area contributed by atoms with E-state index >= 15 is 0 Å². The molecular formula is C22H28N4O5S2. The molecule has 1 aromatic carbocycles. The molecule has 11 heteroatoms. The molecule has 0 bridgehead atoms. The quantitative estimate of drug-likeness (QED) is 0.451. The number of amides is 1. The SMILES string of the molecule is CC1CCC(NS(=O)(=O)c2ccc(NCC(=O)N3CCc4sccc4C3)c([N+](=O)[O-])c2)CC1. The van der Waals surface area contributed by atoms with Crippen LogP contribution in [0.5, 0.6) is 0 Å². The Kier molecular flexibility index (Phi) is 7.01. The molecule has 33 heavy (non-hydrogen) atoms. The number of rotatable bonds is 7. The van der Waals surface area contributed by atoms with Gasteiger partial charge in [-0.05, 0) is 67.2 Å². The number of nitrogens with one attached hydrogen (secondary N) is 2. The van der Waals surface area contributed by atoms with E-state index in [1.165, 1.54) is 17.0 Å². The zero-order valence-corrected chi connectivity index (χ0v) is 20.1. The zero-order valence-electron chi connectivity index (χ0n) is 18.5. The van der Waals surface area contributed by atoms with E-state index in [1.807, 2.05) is 11.4 Å². The van der Waals surface area contributed by atoms with Gasteiger partial charge in [0.05, 0.1) is 16.4 Å². The number of thiophene rings is 1. The monoisotopic (exact) mass is 492 g/mol. The van der Waals surface area contributed by atoms with Gasteiger partial charge in [-0.15, -0.1) is 11.3 Å². The highest BCUT2D eigenvalue weighted by molar-refractivity contribution is 7.89. The summed E-state index contributed by atoms with van der Waals surface area (Å²) in [6.45, 7) is 3.18. The Bertz CT molecular complexity index is 1140. The first-order valence-electron chi connectivity index (χ1n) is 11.1. The van der Waals surface area contributed by atoms with Gasteiger partial charge in [0.15, 0.2) is 0 Å².